The monoisotopic (exact) mass is 411 g/mol. The second-order valence-electron chi connectivity index (χ2n) is 8.53. The summed E-state index contributed by atoms with van der Waals surface area (Å²) in [5.74, 6) is 0.709. The molecule has 0 aliphatic heterocycles. The minimum absolute atomic E-state index is 0.0418. The van der Waals surface area contributed by atoms with E-state index in [1.54, 1.807) is 20.8 Å². The predicted octanol–water partition coefficient (Wildman–Crippen LogP) is 4.10. The van der Waals surface area contributed by atoms with Gasteiger partial charge >= 0.3 is 0 Å². The number of amides is 1. The average molecular weight is 412 g/mol. The third-order valence-electron chi connectivity index (χ3n) is 5.49. The maximum absolute atomic E-state index is 13.0. The van der Waals surface area contributed by atoms with Crippen molar-refractivity contribution in [1.82, 2.24) is 15.3 Å². The summed E-state index contributed by atoms with van der Waals surface area (Å²) in [6, 6.07) is 8.68. The Balaban J connectivity index is 1.85. The Hall–Kier alpha value is -3.09. The number of nitrogens with zero attached hydrogens (tertiary/aromatic N) is 1. The summed E-state index contributed by atoms with van der Waals surface area (Å²) >= 11 is 0. The van der Waals surface area contributed by atoms with E-state index in [2.05, 4.69) is 29.1 Å². The number of carbonyl (C=O) groups is 1. The Morgan fingerprint density at radius 1 is 1.33 bits per heavy atom. The molecule has 0 unspecified atom stereocenters. The first kappa shape index (κ1) is 21.6. The largest absolute Gasteiger partial charge is 0.502 e. The van der Waals surface area contributed by atoms with Gasteiger partial charge in [-0.3, -0.25) is 9.59 Å². The number of rotatable bonds is 7. The molecule has 0 fully saturated rings. The minimum atomic E-state index is -0.868. The van der Waals surface area contributed by atoms with Crippen molar-refractivity contribution in [3.63, 3.8) is 0 Å². The summed E-state index contributed by atoms with van der Waals surface area (Å²) in [5.41, 5.74) is 0.387. The molecule has 3 N–H and O–H groups in total. The number of aromatic amines is 1. The van der Waals surface area contributed by atoms with Gasteiger partial charge in [-0.15, -0.1) is 0 Å². The smallest absolute Gasteiger partial charge is 0.227 e. The summed E-state index contributed by atoms with van der Waals surface area (Å²) in [6.45, 7) is 9.30. The Bertz CT molecular complexity index is 1080. The summed E-state index contributed by atoms with van der Waals surface area (Å²) in [5, 5.41) is 13.3. The van der Waals surface area contributed by atoms with Gasteiger partial charge in [0, 0.05) is 17.9 Å². The quantitative estimate of drug-likeness (QED) is 0.542. The Morgan fingerprint density at radius 3 is 2.70 bits per heavy atom. The molecule has 0 saturated heterocycles. The van der Waals surface area contributed by atoms with Crippen LogP contribution in [-0.2, 0) is 10.2 Å². The zero-order valence-electron chi connectivity index (χ0n) is 18.1. The Morgan fingerprint density at radius 2 is 2.03 bits per heavy atom. The summed E-state index contributed by atoms with van der Waals surface area (Å²) in [4.78, 5) is 32.9. The van der Waals surface area contributed by atoms with Crippen LogP contribution in [0.2, 0.25) is 0 Å². The summed E-state index contributed by atoms with van der Waals surface area (Å²) in [6.07, 6.45) is 0.902. The van der Waals surface area contributed by atoms with E-state index in [1.807, 2.05) is 24.3 Å². The fourth-order valence-corrected chi connectivity index (χ4v) is 3.60. The number of aromatic hydroxyl groups is 1. The van der Waals surface area contributed by atoms with Crippen molar-refractivity contribution < 1.29 is 14.3 Å². The second kappa shape index (κ2) is 8.34. The van der Waals surface area contributed by atoms with Crippen molar-refractivity contribution in [3.05, 3.63) is 57.9 Å². The second-order valence-corrected chi connectivity index (χ2v) is 8.53. The van der Waals surface area contributed by atoms with Gasteiger partial charge in [-0.2, -0.15) is 0 Å². The van der Waals surface area contributed by atoms with E-state index in [0.29, 0.717) is 11.6 Å². The number of carbonyl (C=O) groups excluding carboxylic acids is 1. The van der Waals surface area contributed by atoms with Gasteiger partial charge in [-0.25, -0.2) is 4.98 Å². The number of imidazole rings is 1. The van der Waals surface area contributed by atoms with Crippen molar-refractivity contribution in [2.24, 2.45) is 5.92 Å². The van der Waals surface area contributed by atoms with Crippen LogP contribution in [0.4, 0.5) is 0 Å². The van der Waals surface area contributed by atoms with Gasteiger partial charge in [-0.05, 0) is 25.0 Å². The highest BCUT2D eigenvalue weighted by atomic mass is 16.4. The third-order valence-corrected chi connectivity index (χ3v) is 5.49. The lowest BCUT2D eigenvalue weighted by Crippen LogP contribution is -2.37. The molecule has 0 spiro atoms. The van der Waals surface area contributed by atoms with Gasteiger partial charge in [0.2, 0.25) is 17.1 Å². The number of para-hydroxylation sites is 2. The Labute approximate surface area is 175 Å². The maximum Gasteiger partial charge on any atom is 0.227 e. The van der Waals surface area contributed by atoms with Gasteiger partial charge in [0.05, 0.1) is 17.1 Å². The normalized spacial score (nSPS) is 13.9. The predicted molar refractivity (Wildman–Crippen MR) is 115 cm³/mol. The molecule has 7 heteroatoms. The molecule has 2 heterocycles. The number of benzene rings is 1. The molecule has 2 aromatic heterocycles. The molecule has 3 rings (SSSR count). The molecule has 0 aliphatic carbocycles. The highest BCUT2D eigenvalue weighted by Crippen LogP contribution is 2.33. The minimum Gasteiger partial charge on any atom is -0.502 e. The van der Waals surface area contributed by atoms with Gasteiger partial charge in [0.15, 0.2) is 5.76 Å². The number of aromatic nitrogens is 2. The molecule has 2 atom stereocenters. The van der Waals surface area contributed by atoms with Crippen molar-refractivity contribution in [1.29, 1.82) is 0 Å². The maximum atomic E-state index is 13.0. The van der Waals surface area contributed by atoms with Crippen LogP contribution in [0, 0.1) is 12.8 Å². The average Bonchev–Trinajstić information content (AvgIpc) is 3.11. The van der Waals surface area contributed by atoms with E-state index in [1.165, 1.54) is 6.07 Å². The zero-order valence-corrected chi connectivity index (χ0v) is 18.1. The molecule has 3 aromatic rings. The van der Waals surface area contributed by atoms with Crippen LogP contribution in [0.1, 0.15) is 63.9 Å². The first-order chi connectivity index (χ1) is 14.1. The molecule has 30 heavy (non-hydrogen) atoms. The molecule has 1 aromatic carbocycles. The van der Waals surface area contributed by atoms with Crippen molar-refractivity contribution in [2.75, 3.05) is 0 Å². The van der Waals surface area contributed by atoms with Gasteiger partial charge in [-0.1, -0.05) is 46.2 Å². The standard InChI is InChI=1S/C23H29N3O4/c1-6-13(2)19(22-24-15-9-7-8-10-16(15)25-22)26-18(28)12-23(4,5)21-20(29)17(27)11-14(3)30-21/h7-11,13,19,29H,6,12H2,1-5H3,(H,24,25)(H,26,28)/t13-,19-/m0/s1. The van der Waals surface area contributed by atoms with E-state index >= 15 is 0 Å². The first-order valence-corrected chi connectivity index (χ1v) is 10.2. The van der Waals surface area contributed by atoms with E-state index in [-0.39, 0.29) is 30.0 Å². The Kier molecular flexibility index (Phi) is 6.01. The molecular formula is C23H29N3O4. The molecule has 7 nitrogen and oxygen atoms in total. The number of H-pyrrole nitrogens is 1. The van der Waals surface area contributed by atoms with Gasteiger partial charge in [0.25, 0.3) is 0 Å². The van der Waals surface area contributed by atoms with Gasteiger partial charge in [0.1, 0.15) is 11.6 Å². The number of hydrogen-bond donors (Lipinski definition) is 3. The summed E-state index contributed by atoms with van der Waals surface area (Å²) < 4.78 is 5.60. The first-order valence-electron chi connectivity index (χ1n) is 10.2. The van der Waals surface area contributed by atoms with Crippen LogP contribution >= 0.6 is 0 Å². The molecule has 0 radical (unpaired) electrons. The summed E-state index contributed by atoms with van der Waals surface area (Å²) in [7, 11) is 0. The van der Waals surface area contributed by atoms with Crippen molar-refractivity contribution in [2.45, 2.75) is 58.9 Å². The van der Waals surface area contributed by atoms with Crippen molar-refractivity contribution in [3.8, 4) is 5.75 Å². The van der Waals surface area contributed by atoms with E-state index < -0.39 is 16.6 Å². The highest BCUT2D eigenvalue weighted by molar-refractivity contribution is 5.78. The third kappa shape index (κ3) is 4.40. The van der Waals surface area contributed by atoms with Crippen LogP contribution in [0.5, 0.6) is 5.75 Å². The lowest BCUT2D eigenvalue weighted by molar-refractivity contribution is -0.123. The lowest BCUT2D eigenvalue weighted by Gasteiger charge is -2.27. The number of hydrogen-bond acceptors (Lipinski definition) is 5. The molecular weight excluding hydrogens is 382 g/mol. The molecule has 0 bridgehead atoms. The van der Waals surface area contributed by atoms with Crippen molar-refractivity contribution >= 4 is 16.9 Å². The van der Waals surface area contributed by atoms with Crippen LogP contribution in [0.3, 0.4) is 0 Å². The molecule has 0 saturated carbocycles. The number of nitrogens with one attached hydrogen (secondary N) is 2. The fraction of sp³-hybridized carbons (Fsp3) is 0.435. The zero-order chi connectivity index (χ0) is 22.1. The van der Waals surface area contributed by atoms with E-state index in [4.69, 9.17) is 4.42 Å². The molecule has 1 amide bonds. The highest BCUT2D eigenvalue weighted by Gasteiger charge is 2.33. The number of aryl methyl sites for hydroxylation is 1. The van der Waals surface area contributed by atoms with Crippen LogP contribution in [0.25, 0.3) is 11.0 Å². The van der Waals surface area contributed by atoms with Crippen LogP contribution in [0.15, 0.2) is 39.5 Å². The van der Waals surface area contributed by atoms with E-state index in [0.717, 1.165) is 17.5 Å². The topological polar surface area (TPSA) is 108 Å². The number of fused-ring (bicyclic) bond motifs is 1. The van der Waals surface area contributed by atoms with Gasteiger partial charge < -0.3 is 19.8 Å². The van der Waals surface area contributed by atoms with E-state index in [9.17, 15) is 14.7 Å². The molecule has 0 aliphatic rings. The SMILES string of the molecule is CC[C@H](C)[C@H](NC(=O)CC(C)(C)c1oc(C)cc(=O)c1O)c1nc2ccccc2[nH]1. The fourth-order valence-electron chi connectivity index (χ4n) is 3.60. The lowest BCUT2D eigenvalue weighted by atomic mass is 9.84. The van der Waals surface area contributed by atoms with Crippen LogP contribution < -0.4 is 10.7 Å². The molecule has 160 valence electrons. The van der Waals surface area contributed by atoms with Crippen LogP contribution in [-0.4, -0.2) is 21.0 Å².